The highest BCUT2D eigenvalue weighted by atomic mass is 32.2. The van der Waals surface area contributed by atoms with Crippen LogP contribution in [-0.4, -0.2) is 16.2 Å². The van der Waals surface area contributed by atoms with Crippen molar-refractivity contribution in [2.45, 2.75) is 42.9 Å². The van der Waals surface area contributed by atoms with Crippen molar-refractivity contribution in [1.29, 1.82) is 0 Å². The zero-order valence-electron chi connectivity index (χ0n) is 11.5. The van der Waals surface area contributed by atoms with Crippen LogP contribution in [0.15, 0.2) is 33.7 Å². The number of hydrogen-bond acceptors (Lipinski definition) is 5. The van der Waals surface area contributed by atoms with Gasteiger partial charge in [-0.1, -0.05) is 25.1 Å². The van der Waals surface area contributed by atoms with Crippen LogP contribution in [0.4, 0.5) is 4.39 Å². The Morgan fingerprint density at radius 3 is 2.95 bits per heavy atom. The van der Waals surface area contributed by atoms with Crippen LogP contribution in [0.3, 0.4) is 0 Å². The lowest BCUT2D eigenvalue weighted by Gasteiger charge is -2.13. The summed E-state index contributed by atoms with van der Waals surface area (Å²) in [5, 5.41) is 3.94. The van der Waals surface area contributed by atoms with E-state index in [0.29, 0.717) is 17.5 Å². The Balaban J connectivity index is 1.96. The fraction of sp³-hybridized carbons (Fsp3) is 0.429. The average Bonchev–Trinajstić information content (AvgIpc) is 2.92. The second kappa shape index (κ2) is 6.85. The van der Waals surface area contributed by atoms with Crippen LogP contribution in [-0.2, 0) is 5.75 Å². The largest absolute Gasteiger partial charge is 0.339 e. The van der Waals surface area contributed by atoms with Crippen LogP contribution in [0.2, 0.25) is 0 Å². The summed E-state index contributed by atoms with van der Waals surface area (Å²) < 4.78 is 18.3. The normalized spacial score (nSPS) is 14.2. The summed E-state index contributed by atoms with van der Waals surface area (Å²) in [4.78, 5) is 5.19. The number of nitrogens with zero attached hydrogens (tertiary/aromatic N) is 2. The maximum absolute atomic E-state index is 13.1. The molecule has 2 rings (SSSR count). The van der Waals surface area contributed by atoms with E-state index in [4.69, 9.17) is 10.3 Å². The lowest BCUT2D eigenvalue weighted by Crippen LogP contribution is -2.25. The Hall–Kier alpha value is -1.40. The monoisotopic (exact) mass is 295 g/mol. The molecule has 1 aromatic carbocycles. The van der Waals surface area contributed by atoms with Gasteiger partial charge in [0.25, 0.3) is 0 Å². The molecule has 0 bridgehead atoms. The zero-order valence-corrected chi connectivity index (χ0v) is 12.4. The molecule has 0 radical (unpaired) electrons. The minimum absolute atomic E-state index is 0.0131. The first-order valence-corrected chi connectivity index (χ1v) is 7.55. The van der Waals surface area contributed by atoms with Crippen molar-refractivity contribution in [2.75, 3.05) is 0 Å². The second-order valence-corrected chi connectivity index (χ2v) is 5.70. The van der Waals surface area contributed by atoms with Gasteiger partial charge in [-0.3, -0.25) is 0 Å². The number of aromatic nitrogens is 2. The van der Waals surface area contributed by atoms with Crippen LogP contribution >= 0.6 is 11.8 Å². The summed E-state index contributed by atoms with van der Waals surface area (Å²) in [7, 11) is 0. The quantitative estimate of drug-likeness (QED) is 0.828. The van der Waals surface area contributed by atoms with Crippen molar-refractivity contribution in [3.05, 3.63) is 41.8 Å². The SMILES string of the molecule is CCC(N)C(C)c1nc(CSc2cccc(F)c2)no1. The van der Waals surface area contributed by atoms with E-state index in [-0.39, 0.29) is 17.8 Å². The first kappa shape index (κ1) is 15.0. The summed E-state index contributed by atoms with van der Waals surface area (Å²) >= 11 is 1.47. The molecule has 0 saturated carbocycles. The fourth-order valence-corrected chi connectivity index (χ4v) is 2.54. The Morgan fingerprint density at radius 2 is 2.25 bits per heavy atom. The molecule has 0 aliphatic heterocycles. The molecule has 0 spiro atoms. The van der Waals surface area contributed by atoms with Crippen molar-refractivity contribution in [2.24, 2.45) is 5.73 Å². The molecular weight excluding hydrogens is 277 g/mol. The van der Waals surface area contributed by atoms with Crippen molar-refractivity contribution < 1.29 is 8.91 Å². The first-order valence-electron chi connectivity index (χ1n) is 6.56. The Labute approximate surface area is 121 Å². The molecule has 20 heavy (non-hydrogen) atoms. The molecular formula is C14H18FN3OS. The molecule has 0 aliphatic rings. The third kappa shape index (κ3) is 3.80. The summed E-state index contributed by atoms with van der Waals surface area (Å²) in [6.45, 7) is 4.00. The highest BCUT2D eigenvalue weighted by Gasteiger charge is 2.19. The maximum atomic E-state index is 13.1. The van der Waals surface area contributed by atoms with E-state index in [1.54, 1.807) is 6.07 Å². The van der Waals surface area contributed by atoms with Gasteiger partial charge < -0.3 is 10.3 Å². The third-order valence-corrected chi connectivity index (χ3v) is 4.14. The smallest absolute Gasteiger partial charge is 0.231 e. The average molecular weight is 295 g/mol. The topological polar surface area (TPSA) is 64.9 Å². The number of rotatable bonds is 6. The Morgan fingerprint density at radius 1 is 1.45 bits per heavy atom. The highest BCUT2D eigenvalue weighted by molar-refractivity contribution is 7.98. The van der Waals surface area contributed by atoms with Gasteiger partial charge in [0, 0.05) is 10.9 Å². The van der Waals surface area contributed by atoms with Crippen LogP contribution in [0.25, 0.3) is 0 Å². The van der Waals surface area contributed by atoms with Crippen LogP contribution in [0.5, 0.6) is 0 Å². The van der Waals surface area contributed by atoms with E-state index < -0.39 is 0 Å². The lowest BCUT2D eigenvalue weighted by atomic mass is 10.0. The van der Waals surface area contributed by atoms with Gasteiger partial charge in [-0.25, -0.2) is 4.39 Å². The van der Waals surface area contributed by atoms with Crippen LogP contribution in [0, 0.1) is 5.82 Å². The predicted molar refractivity (Wildman–Crippen MR) is 76.9 cm³/mol. The minimum atomic E-state index is -0.244. The molecule has 2 atom stereocenters. The predicted octanol–water partition coefficient (Wildman–Crippen LogP) is 3.34. The molecule has 2 unspecified atom stereocenters. The van der Waals surface area contributed by atoms with E-state index in [2.05, 4.69) is 10.1 Å². The van der Waals surface area contributed by atoms with Gasteiger partial charge >= 0.3 is 0 Å². The van der Waals surface area contributed by atoms with Gasteiger partial charge in [0.05, 0.1) is 11.7 Å². The summed E-state index contributed by atoms with van der Waals surface area (Å²) in [5.74, 6) is 1.51. The van der Waals surface area contributed by atoms with E-state index in [0.717, 1.165) is 11.3 Å². The van der Waals surface area contributed by atoms with Gasteiger partial charge in [-0.15, -0.1) is 11.8 Å². The fourth-order valence-electron chi connectivity index (χ4n) is 1.75. The highest BCUT2D eigenvalue weighted by Crippen LogP contribution is 2.24. The maximum Gasteiger partial charge on any atom is 0.231 e. The second-order valence-electron chi connectivity index (χ2n) is 4.66. The zero-order chi connectivity index (χ0) is 14.5. The van der Waals surface area contributed by atoms with E-state index >= 15 is 0 Å². The Kier molecular flexibility index (Phi) is 5.14. The van der Waals surface area contributed by atoms with E-state index in [1.807, 2.05) is 19.9 Å². The molecule has 4 nitrogen and oxygen atoms in total. The molecule has 108 valence electrons. The van der Waals surface area contributed by atoms with E-state index in [9.17, 15) is 4.39 Å². The summed E-state index contributed by atoms with van der Waals surface area (Å²) in [6, 6.07) is 6.46. The molecule has 0 fully saturated rings. The van der Waals surface area contributed by atoms with Crippen LogP contribution in [0.1, 0.15) is 37.9 Å². The number of nitrogens with two attached hydrogens (primary N) is 1. The molecule has 2 N–H and O–H groups in total. The summed E-state index contributed by atoms with van der Waals surface area (Å²) in [5.41, 5.74) is 5.96. The Bertz CT molecular complexity index is 561. The standard InChI is InChI=1S/C14H18FN3OS/c1-3-12(16)9(2)14-17-13(18-19-14)8-20-11-6-4-5-10(15)7-11/h4-7,9,12H,3,8,16H2,1-2H3. The minimum Gasteiger partial charge on any atom is -0.339 e. The molecule has 1 heterocycles. The molecule has 2 aromatic rings. The lowest BCUT2D eigenvalue weighted by molar-refractivity contribution is 0.337. The van der Waals surface area contributed by atoms with Gasteiger partial charge in [0.1, 0.15) is 5.82 Å². The van der Waals surface area contributed by atoms with Crippen molar-refractivity contribution in [3.63, 3.8) is 0 Å². The number of thioether (sulfide) groups is 1. The van der Waals surface area contributed by atoms with Gasteiger partial charge in [-0.2, -0.15) is 4.98 Å². The van der Waals surface area contributed by atoms with Crippen molar-refractivity contribution >= 4 is 11.8 Å². The first-order chi connectivity index (χ1) is 9.60. The van der Waals surface area contributed by atoms with Gasteiger partial charge in [-0.05, 0) is 24.6 Å². The van der Waals surface area contributed by atoms with Crippen LogP contribution < -0.4 is 5.73 Å². The molecule has 6 heteroatoms. The van der Waals surface area contributed by atoms with Gasteiger partial charge in [0.15, 0.2) is 5.82 Å². The van der Waals surface area contributed by atoms with Crippen molar-refractivity contribution in [3.8, 4) is 0 Å². The third-order valence-electron chi connectivity index (χ3n) is 3.15. The number of hydrogen-bond donors (Lipinski definition) is 1. The summed E-state index contributed by atoms with van der Waals surface area (Å²) in [6.07, 6.45) is 0.858. The molecule has 0 saturated heterocycles. The van der Waals surface area contributed by atoms with Crippen molar-refractivity contribution in [1.82, 2.24) is 10.1 Å². The number of benzene rings is 1. The molecule has 0 aliphatic carbocycles. The number of halogens is 1. The molecule has 1 aromatic heterocycles. The van der Waals surface area contributed by atoms with Gasteiger partial charge in [0.2, 0.25) is 5.89 Å². The molecule has 0 amide bonds. The van der Waals surface area contributed by atoms with E-state index in [1.165, 1.54) is 23.9 Å².